The summed E-state index contributed by atoms with van der Waals surface area (Å²) in [6.45, 7) is 10.8. The fourth-order valence-electron chi connectivity index (χ4n) is 0.892. The third-order valence-corrected chi connectivity index (χ3v) is 3.32. The van der Waals surface area contributed by atoms with E-state index in [4.69, 9.17) is 0 Å². The average molecular weight is 209 g/mol. The van der Waals surface area contributed by atoms with Gasteiger partial charge in [-0.3, -0.25) is 0 Å². The van der Waals surface area contributed by atoms with E-state index in [2.05, 4.69) is 36.1 Å². The molecule has 0 aliphatic heterocycles. The smallest absolute Gasteiger partial charge is 0.129 e. The lowest BCUT2D eigenvalue weighted by molar-refractivity contribution is 1.19. The van der Waals surface area contributed by atoms with Crippen molar-refractivity contribution < 1.29 is 0 Å². The topological polar surface area (TPSA) is 12.9 Å². The Morgan fingerprint density at radius 3 is 2.23 bits per heavy atom. The Morgan fingerprint density at radius 2 is 1.85 bits per heavy atom. The van der Waals surface area contributed by atoms with Crippen LogP contribution in [0.25, 0.3) is 0 Å². The minimum atomic E-state index is -1.24. The zero-order chi connectivity index (χ0) is 10.1. The lowest BCUT2D eigenvalue weighted by atomic mass is 10.4. The van der Waals surface area contributed by atoms with Crippen molar-refractivity contribution in [2.45, 2.75) is 33.5 Å². The molecule has 0 aliphatic rings. The summed E-state index contributed by atoms with van der Waals surface area (Å²) in [6, 6.07) is 0. The van der Waals surface area contributed by atoms with Crippen LogP contribution in [0.5, 0.6) is 0 Å². The molecular formula is C10H15NSSi. The van der Waals surface area contributed by atoms with E-state index in [1.54, 1.807) is 11.3 Å². The molecule has 0 unspecified atom stereocenters. The van der Waals surface area contributed by atoms with Gasteiger partial charge in [-0.15, -0.1) is 16.9 Å². The number of hydrogen-bond acceptors (Lipinski definition) is 2. The van der Waals surface area contributed by atoms with E-state index in [-0.39, 0.29) is 0 Å². The predicted octanol–water partition coefficient (Wildman–Crippen LogP) is 2.99. The van der Waals surface area contributed by atoms with Gasteiger partial charge >= 0.3 is 0 Å². The molecule has 0 amide bonds. The Labute approximate surface area is 85.2 Å². The van der Waals surface area contributed by atoms with Gasteiger partial charge in [0.25, 0.3) is 0 Å². The van der Waals surface area contributed by atoms with Crippen LogP contribution in [-0.4, -0.2) is 13.1 Å². The second kappa shape index (κ2) is 3.65. The van der Waals surface area contributed by atoms with Crippen molar-refractivity contribution in [3.8, 4) is 11.5 Å². The third kappa shape index (κ3) is 3.33. The van der Waals surface area contributed by atoms with E-state index >= 15 is 0 Å². The first-order valence-electron chi connectivity index (χ1n) is 4.36. The molecule has 1 rings (SSSR count). The Bertz CT molecular complexity index is 363. The Morgan fingerprint density at radius 1 is 1.23 bits per heavy atom. The summed E-state index contributed by atoms with van der Waals surface area (Å²) < 4.78 is 0. The van der Waals surface area contributed by atoms with Crippen molar-refractivity contribution in [2.75, 3.05) is 0 Å². The zero-order valence-electron chi connectivity index (χ0n) is 8.86. The van der Waals surface area contributed by atoms with Crippen LogP contribution in [0, 0.1) is 25.3 Å². The van der Waals surface area contributed by atoms with E-state index < -0.39 is 8.07 Å². The Balaban J connectivity index is 2.96. The zero-order valence-corrected chi connectivity index (χ0v) is 10.7. The number of aromatic nitrogens is 1. The van der Waals surface area contributed by atoms with E-state index in [1.807, 2.05) is 13.8 Å². The highest BCUT2D eigenvalue weighted by molar-refractivity contribution is 7.12. The summed E-state index contributed by atoms with van der Waals surface area (Å²) >= 11 is 1.69. The fourth-order valence-corrected chi connectivity index (χ4v) is 2.26. The van der Waals surface area contributed by atoms with Crippen molar-refractivity contribution in [3.63, 3.8) is 0 Å². The quantitative estimate of drug-likeness (QED) is 0.473. The van der Waals surface area contributed by atoms with Gasteiger partial charge in [-0.2, -0.15) is 0 Å². The maximum atomic E-state index is 4.34. The van der Waals surface area contributed by atoms with Gasteiger partial charge in [0, 0.05) is 0 Å². The summed E-state index contributed by atoms with van der Waals surface area (Å²) in [5, 5.41) is 1.11. The fraction of sp³-hybridized carbons (Fsp3) is 0.500. The predicted molar refractivity (Wildman–Crippen MR) is 61.8 cm³/mol. The molecule has 0 aromatic carbocycles. The molecule has 0 saturated heterocycles. The third-order valence-electron chi connectivity index (χ3n) is 1.45. The van der Waals surface area contributed by atoms with Crippen molar-refractivity contribution in [3.05, 3.63) is 15.6 Å². The largest absolute Gasteiger partial charge is 0.246 e. The summed E-state index contributed by atoms with van der Waals surface area (Å²) in [7, 11) is -1.24. The van der Waals surface area contributed by atoms with Crippen molar-refractivity contribution in [1.82, 2.24) is 4.98 Å². The summed E-state index contributed by atoms with van der Waals surface area (Å²) in [5.41, 5.74) is 4.43. The second-order valence-electron chi connectivity index (χ2n) is 4.15. The molecule has 1 nitrogen and oxygen atoms in total. The van der Waals surface area contributed by atoms with E-state index in [0.717, 1.165) is 15.6 Å². The molecule has 0 fully saturated rings. The minimum absolute atomic E-state index is 1.08. The van der Waals surface area contributed by atoms with Crippen LogP contribution in [0.15, 0.2) is 0 Å². The minimum Gasteiger partial charge on any atom is -0.246 e. The summed E-state index contributed by atoms with van der Waals surface area (Å²) in [5.74, 6) is 3.24. The van der Waals surface area contributed by atoms with Gasteiger partial charge < -0.3 is 0 Å². The monoisotopic (exact) mass is 209 g/mol. The molecule has 3 heteroatoms. The molecule has 0 saturated carbocycles. The highest BCUT2D eigenvalue weighted by Crippen LogP contribution is 2.15. The highest BCUT2D eigenvalue weighted by atomic mass is 32.1. The molecule has 1 heterocycles. The van der Waals surface area contributed by atoms with Gasteiger partial charge in [0.15, 0.2) is 0 Å². The SMILES string of the molecule is Cc1nc(C)c(C#C[Si](C)(C)C)s1. The molecular weight excluding hydrogens is 194 g/mol. The maximum Gasteiger partial charge on any atom is 0.129 e. The van der Waals surface area contributed by atoms with E-state index in [1.165, 1.54) is 0 Å². The lowest BCUT2D eigenvalue weighted by Crippen LogP contribution is -2.16. The normalized spacial score (nSPS) is 10.8. The number of thiazole rings is 1. The molecule has 70 valence electrons. The van der Waals surface area contributed by atoms with Crippen LogP contribution in [0.2, 0.25) is 19.6 Å². The molecule has 1 aromatic rings. The lowest BCUT2D eigenvalue weighted by Gasteiger charge is -2.02. The van der Waals surface area contributed by atoms with Crippen LogP contribution in [0.3, 0.4) is 0 Å². The van der Waals surface area contributed by atoms with E-state index in [0.29, 0.717) is 0 Å². The Hall–Kier alpha value is -0.593. The second-order valence-corrected chi connectivity index (χ2v) is 10.1. The molecule has 0 N–H and O–H groups in total. The van der Waals surface area contributed by atoms with Crippen molar-refractivity contribution in [2.24, 2.45) is 0 Å². The Kier molecular flexibility index (Phi) is 2.94. The summed E-state index contributed by atoms with van der Waals surface area (Å²) in [6.07, 6.45) is 0. The van der Waals surface area contributed by atoms with E-state index in [9.17, 15) is 0 Å². The standard InChI is InChI=1S/C10H15NSSi/c1-8-10(12-9(2)11-8)6-7-13(3,4)5/h1-5H3. The van der Waals surface area contributed by atoms with Crippen molar-refractivity contribution >= 4 is 19.4 Å². The summed E-state index contributed by atoms with van der Waals surface area (Å²) in [4.78, 5) is 5.48. The van der Waals surface area contributed by atoms with Gasteiger partial charge in [-0.1, -0.05) is 25.6 Å². The first kappa shape index (κ1) is 10.5. The van der Waals surface area contributed by atoms with Crippen LogP contribution in [0.1, 0.15) is 15.6 Å². The van der Waals surface area contributed by atoms with Gasteiger partial charge in [-0.25, -0.2) is 4.98 Å². The van der Waals surface area contributed by atoms with Gasteiger partial charge in [0.1, 0.15) is 8.07 Å². The van der Waals surface area contributed by atoms with Crippen LogP contribution >= 0.6 is 11.3 Å². The molecule has 1 aromatic heterocycles. The molecule has 0 radical (unpaired) electrons. The first-order chi connectivity index (χ1) is 5.88. The van der Waals surface area contributed by atoms with Gasteiger partial charge in [-0.05, 0) is 13.8 Å². The van der Waals surface area contributed by atoms with Crippen LogP contribution in [0.4, 0.5) is 0 Å². The average Bonchev–Trinajstić information content (AvgIpc) is 2.24. The number of rotatable bonds is 0. The molecule has 13 heavy (non-hydrogen) atoms. The van der Waals surface area contributed by atoms with Crippen LogP contribution < -0.4 is 0 Å². The molecule has 0 bridgehead atoms. The molecule has 0 spiro atoms. The highest BCUT2D eigenvalue weighted by Gasteiger charge is 2.08. The van der Waals surface area contributed by atoms with Gasteiger partial charge in [0.2, 0.25) is 0 Å². The molecule has 0 aliphatic carbocycles. The number of aryl methyl sites for hydroxylation is 2. The van der Waals surface area contributed by atoms with Gasteiger partial charge in [0.05, 0.1) is 15.6 Å². The first-order valence-corrected chi connectivity index (χ1v) is 8.67. The number of hydrogen-bond donors (Lipinski definition) is 0. The number of nitrogens with zero attached hydrogens (tertiary/aromatic N) is 1. The van der Waals surface area contributed by atoms with Crippen molar-refractivity contribution in [1.29, 1.82) is 0 Å². The van der Waals surface area contributed by atoms with Crippen LogP contribution in [-0.2, 0) is 0 Å². The molecule has 0 atom stereocenters. The maximum absolute atomic E-state index is 4.34.